The van der Waals surface area contributed by atoms with E-state index in [0.717, 1.165) is 17.3 Å². The summed E-state index contributed by atoms with van der Waals surface area (Å²) in [4.78, 5) is 12.0. The number of hydrogen-bond acceptors (Lipinski definition) is 3. The van der Waals surface area contributed by atoms with Crippen molar-refractivity contribution in [3.63, 3.8) is 0 Å². The molecule has 0 N–H and O–H groups in total. The van der Waals surface area contributed by atoms with Crippen LogP contribution in [0.5, 0.6) is 0 Å². The van der Waals surface area contributed by atoms with Gasteiger partial charge < -0.3 is 4.90 Å². The molecule has 0 saturated heterocycles. The fourth-order valence-electron chi connectivity index (χ4n) is 1.95. The minimum Gasteiger partial charge on any atom is -0.364 e. The van der Waals surface area contributed by atoms with Crippen LogP contribution >= 0.6 is 0 Å². The van der Waals surface area contributed by atoms with Crippen LogP contribution in [0.25, 0.3) is 0 Å². The first kappa shape index (κ1) is 13.8. The van der Waals surface area contributed by atoms with Crippen LogP contribution < -0.4 is 0 Å². The molecule has 0 aliphatic heterocycles. The predicted octanol–water partition coefficient (Wildman–Crippen LogP) is 3.44. The first-order chi connectivity index (χ1) is 9.74. The van der Waals surface area contributed by atoms with Crippen molar-refractivity contribution in [2.75, 3.05) is 0 Å². The second kappa shape index (κ2) is 7.09. The number of nitrogens with zero attached hydrogens (tertiary/aromatic N) is 2. The van der Waals surface area contributed by atoms with Gasteiger partial charge in [-0.25, -0.2) is 0 Å². The van der Waals surface area contributed by atoms with Gasteiger partial charge in [-0.1, -0.05) is 60.7 Å². The summed E-state index contributed by atoms with van der Waals surface area (Å²) >= 11 is 0. The molecule has 0 aliphatic rings. The molecule has 2 aromatic rings. The molecule has 0 fully saturated rings. The number of hydrogen-bond donors (Lipinski definition) is 0. The molecular weight excluding hydrogens is 252 g/mol. The van der Waals surface area contributed by atoms with Gasteiger partial charge in [0, 0.05) is 13.1 Å². The van der Waals surface area contributed by atoms with E-state index in [1.165, 1.54) is 6.20 Å². The maximum absolute atomic E-state index is 10.5. The van der Waals surface area contributed by atoms with E-state index in [4.69, 9.17) is 0 Å². The van der Waals surface area contributed by atoms with E-state index in [9.17, 15) is 10.1 Å². The van der Waals surface area contributed by atoms with Gasteiger partial charge in [0.2, 0.25) is 6.20 Å². The summed E-state index contributed by atoms with van der Waals surface area (Å²) in [6.45, 7) is 1.28. The lowest BCUT2D eigenvalue weighted by molar-refractivity contribution is -0.403. The Morgan fingerprint density at radius 1 is 0.900 bits per heavy atom. The van der Waals surface area contributed by atoms with Crippen LogP contribution in [0.2, 0.25) is 0 Å². The highest BCUT2D eigenvalue weighted by Gasteiger charge is 2.04. The minimum atomic E-state index is -0.441. The second-order valence-corrected chi connectivity index (χ2v) is 4.46. The van der Waals surface area contributed by atoms with Gasteiger partial charge in [0.05, 0.1) is 11.1 Å². The lowest BCUT2D eigenvalue weighted by atomic mass is 10.2. The van der Waals surface area contributed by atoms with Crippen molar-refractivity contribution in [1.29, 1.82) is 0 Å². The molecule has 0 atom stereocenters. The molecule has 0 heterocycles. The molecule has 2 rings (SSSR count). The van der Waals surface area contributed by atoms with Gasteiger partial charge in [0.15, 0.2) is 0 Å². The van der Waals surface area contributed by atoms with Crippen molar-refractivity contribution in [2.45, 2.75) is 13.1 Å². The van der Waals surface area contributed by atoms with Crippen molar-refractivity contribution in [3.8, 4) is 0 Å². The normalized spacial score (nSPS) is 10.6. The topological polar surface area (TPSA) is 46.4 Å². The molecule has 0 radical (unpaired) electrons. The first-order valence-corrected chi connectivity index (χ1v) is 6.38. The Labute approximate surface area is 118 Å². The molecule has 0 unspecified atom stereocenters. The highest BCUT2D eigenvalue weighted by molar-refractivity contribution is 5.17. The third-order valence-electron chi connectivity index (χ3n) is 2.86. The van der Waals surface area contributed by atoms with Gasteiger partial charge in [0.1, 0.15) is 0 Å². The molecule has 4 heteroatoms. The van der Waals surface area contributed by atoms with E-state index in [2.05, 4.69) is 0 Å². The third-order valence-corrected chi connectivity index (χ3v) is 2.86. The fourth-order valence-corrected chi connectivity index (χ4v) is 1.95. The number of benzene rings is 2. The smallest absolute Gasteiger partial charge is 0.250 e. The van der Waals surface area contributed by atoms with Gasteiger partial charge in [0.25, 0.3) is 0 Å². The van der Waals surface area contributed by atoms with Crippen molar-refractivity contribution >= 4 is 0 Å². The Bertz CT molecular complexity index is 526. The molecule has 0 spiro atoms. The Morgan fingerprint density at radius 2 is 1.35 bits per heavy atom. The second-order valence-electron chi connectivity index (χ2n) is 4.46. The summed E-state index contributed by atoms with van der Waals surface area (Å²) in [6.07, 6.45) is 2.51. The molecule has 0 bridgehead atoms. The monoisotopic (exact) mass is 268 g/mol. The third kappa shape index (κ3) is 4.57. The average Bonchev–Trinajstić information content (AvgIpc) is 2.47. The van der Waals surface area contributed by atoms with Crippen molar-refractivity contribution in [2.24, 2.45) is 0 Å². The zero-order valence-electron chi connectivity index (χ0n) is 11.1. The summed E-state index contributed by atoms with van der Waals surface area (Å²) in [5.74, 6) is 0. The molecule has 20 heavy (non-hydrogen) atoms. The number of nitro groups is 1. The predicted molar refractivity (Wildman–Crippen MR) is 78.3 cm³/mol. The van der Waals surface area contributed by atoms with Crippen molar-refractivity contribution in [1.82, 2.24) is 4.90 Å². The highest BCUT2D eigenvalue weighted by atomic mass is 16.6. The largest absolute Gasteiger partial charge is 0.364 e. The Kier molecular flexibility index (Phi) is 4.89. The van der Waals surface area contributed by atoms with Crippen molar-refractivity contribution < 1.29 is 4.92 Å². The standard InChI is InChI=1S/C16H16N2O2/c19-18(20)12-11-17(13-15-7-3-1-4-8-15)14-16-9-5-2-6-10-16/h1-12H,13-14H2/b12-11-. The molecule has 0 saturated carbocycles. The van der Waals surface area contributed by atoms with Gasteiger partial charge in [-0.3, -0.25) is 10.1 Å². The van der Waals surface area contributed by atoms with Crippen LogP contribution in [0, 0.1) is 10.1 Å². The lowest BCUT2D eigenvalue weighted by Crippen LogP contribution is -2.16. The van der Waals surface area contributed by atoms with Crippen LogP contribution in [0.4, 0.5) is 0 Å². The van der Waals surface area contributed by atoms with E-state index in [1.807, 2.05) is 65.6 Å². The van der Waals surface area contributed by atoms with E-state index in [-0.39, 0.29) is 0 Å². The summed E-state index contributed by atoms with van der Waals surface area (Å²) in [7, 11) is 0. The van der Waals surface area contributed by atoms with Gasteiger partial charge in [-0.05, 0) is 11.1 Å². The molecule has 102 valence electrons. The van der Waals surface area contributed by atoms with E-state index >= 15 is 0 Å². The van der Waals surface area contributed by atoms with Gasteiger partial charge >= 0.3 is 0 Å². The van der Waals surface area contributed by atoms with Crippen molar-refractivity contribution in [3.05, 3.63) is 94.3 Å². The van der Waals surface area contributed by atoms with Crippen LogP contribution in [-0.4, -0.2) is 9.82 Å². The zero-order valence-corrected chi connectivity index (χ0v) is 11.1. The highest BCUT2D eigenvalue weighted by Crippen LogP contribution is 2.10. The van der Waals surface area contributed by atoms with Crippen LogP contribution in [0.15, 0.2) is 73.1 Å². The maximum Gasteiger partial charge on any atom is 0.250 e. The molecule has 0 aromatic heterocycles. The van der Waals surface area contributed by atoms with Gasteiger partial charge in [-0.15, -0.1) is 0 Å². The van der Waals surface area contributed by atoms with E-state index in [0.29, 0.717) is 13.1 Å². The van der Waals surface area contributed by atoms with Gasteiger partial charge in [-0.2, -0.15) is 0 Å². The minimum absolute atomic E-state index is 0.441. The Hall–Kier alpha value is -2.62. The van der Waals surface area contributed by atoms with Crippen LogP contribution in [-0.2, 0) is 13.1 Å². The molecule has 2 aromatic carbocycles. The first-order valence-electron chi connectivity index (χ1n) is 6.38. The quantitative estimate of drug-likeness (QED) is 0.595. The maximum atomic E-state index is 10.5. The Morgan fingerprint density at radius 3 is 1.75 bits per heavy atom. The number of rotatable bonds is 6. The zero-order chi connectivity index (χ0) is 14.2. The molecule has 4 nitrogen and oxygen atoms in total. The van der Waals surface area contributed by atoms with Crippen LogP contribution in [0.1, 0.15) is 11.1 Å². The SMILES string of the molecule is O=[N+]([O-])/C=C\N(Cc1ccccc1)Cc1ccccc1. The molecule has 0 amide bonds. The average molecular weight is 268 g/mol. The summed E-state index contributed by atoms with van der Waals surface area (Å²) in [5.41, 5.74) is 2.24. The lowest BCUT2D eigenvalue weighted by Gasteiger charge is -2.19. The van der Waals surface area contributed by atoms with Crippen LogP contribution in [0.3, 0.4) is 0 Å². The van der Waals surface area contributed by atoms with E-state index in [1.54, 1.807) is 0 Å². The Balaban J connectivity index is 2.10. The fraction of sp³-hybridized carbons (Fsp3) is 0.125. The molecular formula is C16H16N2O2. The summed E-state index contributed by atoms with van der Waals surface area (Å²) < 4.78 is 0. The molecule has 0 aliphatic carbocycles. The summed E-state index contributed by atoms with van der Waals surface area (Å²) in [5, 5.41) is 10.5. The summed E-state index contributed by atoms with van der Waals surface area (Å²) in [6, 6.07) is 19.8. The van der Waals surface area contributed by atoms with E-state index < -0.39 is 4.92 Å².